The monoisotopic (exact) mass is 266 g/mol. The summed E-state index contributed by atoms with van der Waals surface area (Å²) in [4.78, 5) is 4.30. The Hall–Kier alpha value is -2.82. The molecule has 1 aromatic carbocycles. The van der Waals surface area contributed by atoms with Crippen molar-refractivity contribution < 1.29 is 5.11 Å². The number of nitrogens with one attached hydrogen (secondary N) is 2. The predicted octanol–water partition coefficient (Wildman–Crippen LogP) is 2.79. The topological polar surface area (TPSA) is 73.8 Å². The molecule has 0 aliphatic rings. The normalized spacial score (nSPS) is 10.4. The number of nitrogens with zero attached hydrogens (tertiary/aromatic N) is 2. The highest BCUT2D eigenvalue weighted by Gasteiger charge is 2.07. The third-order valence-electron chi connectivity index (χ3n) is 2.98. The van der Waals surface area contributed by atoms with E-state index in [-0.39, 0.29) is 5.75 Å². The van der Waals surface area contributed by atoms with E-state index in [0.29, 0.717) is 6.54 Å². The van der Waals surface area contributed by atoms with Gasteiger partial charge in [-0.3, -0.25) is 10.1 Å². The van der Waals surface area contributed by atoms with Gasteiger partial charge in [0.2, 0.25) is 0 Å². The number of phenolic OH excluding ortho intramolecular Hbond substituents is 1. The summed E-state index contributed by atoms with van der Waals surface area (Å²) < 4.78 is 0. The number of rotatable bonds is 4. The molecule has 5 heteroatoms. The molecule has 5 nitrogen and oxygen atoms in total. The van der Waals surface area contributed by atoms with Crippen LogP contribution >= 0.6 is 0 Å². The molecule has 3 rings (SSSR count). The lowest BCUT2D eigenvalue weighted by molar-refractivity contribution is 0.475. The Labute approximate surface area is 116 Å². The van der Waals surface area contributed by atoms with Crippen molar-refractivity contribution in [1.82, 2.24) is 15.2 Å². The highest BCUT2D eigenvalue weighted by Crippen LogP contribution is 2.23. The first kappa shape index (κ1) is 12.2. The van der Waals surface area contributed by atoms with Crippen LogP contribution in [0.15, 0.2) is 54.9 Å². The first-order valence-corrected chi connectivity index (χ1v) is 6.29. The summed E-state index contributed by atoms with van der Waals surface area (Å²) in [6, 6.07) is 12.8. The van der Waals surface area contributed by atoms with Crippen molar-refractivity contribution >= 4 is 5.69 Å². The molecule has 2 heterocycles. The van der Waals surface area contributed by atoms with E-state index in [9.17, 15) is 5.11 Å². The maximum absolute atomic E-state index is 9.26. The number of aromatic nitrogens is 3. The van der Waals surface area contributed by atoms with Crippen LogP contribution < -0.4 is 5.32 Å². The van der Waals surface area contributed by atoms with Gasteiger partial charge in [-0.1, -0.05) is 18.2 Å². The molecule has 2 aromatic heterocycles. The number of hydrogen-bond donors (Lipinski definition) is 3. The third-order valence-corrected chi connectivity index (χ3v) is 2.98. The summed E-state index contributed by atoms with van der Waals surface area (Å²) in [6.07, 6.45) is 3.49. The van der Waals surface area contributed by atoms with Gasteiger partial charge in [-0.05, 0) is 29.8 Å². The van der Waals surface area contributed by atoms with Crippen LogP contribution in [0.2, 0.25) is 0 Å². The van der Waals surface area contributed by atoms with Crippen LogP contribution in [0.1, 0.15) is 5.56 Å². The van der Waals surface area contributed by atoms with E-state index in [0.717, 1.165) is 22.6 Å². The number of phenols is 1. The smallest absolute Gasteiger partial charge is 0.115 e. The van der Waals surface area contributed by atoms with Crippen LogP contribution in [0, 0.1) is 0 Å². The maximum Gasteiger partial charge on any atom is 0.115 e. The molecule has 0 bridgehead atoms. The van der Waals surface area contributed by atoms with Gasteiger partial charge in [-0.25, -0.2) is 0 Å². The van der Waals surface area contributed by atoms with Gasteiger partial charge < -0.3 is 10.4 Å². The quantitative estimate of drug-likeness (QED) is 0.679. The Morgan fingerprint density at radius 1 is 1.10 bits per heavy atom. The van der Waals surface area contributed by atoms with Crippen LogP contribution in [0.3, 0.4) is 0 Å². The molecule has 0 amide bonds. The second-order valence-corrected chi connectivity index (χ2v) is 4.39. The Bertz CT molecular complexity index is 677. The Kier molecular flexibility index (Phi) is 3.33. The minimum absolute atomic E-state index is 0.270. The number of benzene rings is 1. The minimum atomic E-state index is 0.270. The summed E-state index contributed by atoms with van der Waals surface area (Å²) in [5.41, 5.74) is 3.69. The number of anilines is 1. The molecule has 20 heavy (non-hydrogen) atoms. The molecule has 0 saturated carbocycles. The number of aromatic amines is 1. The van der Waals surface area contributed by atoms with E-state index in [2.05, 4.69) is 20.5 Å². The van der Waals surface area contributed by atoms with Crippen molar-refractivity contribution in [3.05, 3.63) is 60.4 Å². The van der Waals surface area contributed by atoms with Crippen LogP contribution in [-0.2, 0) is 6.54 Å². The molecule has 0 fully saturated rings. The first-order chi connectivity index (χ1) is 9.83. The number of pyridine rings is 1. The molecular formula is C15H14N4O. The fourth-order valence-corrected chi connectivity index (χ4v) is 1.94. The maximum atomic E-state index is 9.26. The molecule has 0 unspecified atom stereocenters. The zero-order valence-electron chi connectivity index (χ0n) is 10.7. The lowest BCUT2D eigenvalue weighted by Crippen LogP contribution is -1.99. The average Bonchev–Trinajstić information content (AvgIpc) is 2.96. The molecule has 3 aromatic rings. The molecule has 0 saturated heterocycles. The SMILES string of the molecule is Oc1ccc(CNc2cn[nH]c2-c2ccccn2)cc1. The average molecular weight is 266 g/mol. The van der Waals surface area contributed by atoms with E-state index < -0.39 is 0 Å². The predicted molar refractivity (Wildman–Crippen MR) is 77.3 cm³/mol. The van der Waals surface area contributed by atoms with Crippen molar-refractivity contribution in [2.24, 2.45) is 0 Å². The van der Waals surface area contributed by atoms with E-state index in [1.165, 1.54) is 0 Å². The zero-order valence-corrected chi connectivity index (χ0v) is 10.7. The molecular weight excluding hydrogens is 252 g/mol. The summed E-state index contributed by atoms with van der Waals surface area (Å²) in [5.74, 6) is 0.270. The van der Waals surface area contributed by atoms with Gasteiger partial charge in [0, 0.05) is 12.7 Å². The lowest BCUT2D eigenvalue weighted by atomic mass is 10.2. The van der Waals surface area contributed by atoms with Gasteiger partial charge in [0.25, 0.3) is 0 Å². The first-order valence-electron chi connectivity index (χ1n) is 6.29. The summed E-state index contributed by atoms with van der Waals surface area (Å²) >= 11 is 0. The largest absolute Gasteiger partial charge is 0.508 e. The second-order valence-electron chi connectivity index (χ2n) is 4.39. The van der Waals surface area contributed by atoms with E-state index >= 15 is 0 Å². The molecule has 0 radical (unpaired) electrons. The van der Waals surface area contributed by atoms with Crippen LogP contribution in [0.5, 0.6) is 5.75 Å². The highest BCUT2D eigenvalue weighted by molar-refractivity contribution is 5.70. The van der Waals surface area contributed by atoms with Gasteiger partial charge >= 0.3 is 0 Å². The van der Waals surface area contributed by atoms with Crippen molar-refractivity contribution in [2.45, 2.75) is 6.54 Å². The lowest BCUT2D eigenvalue weighted by Gasteiger charge is -2.06. The molecule has 0 aliphatic carbocycles. The number of hydrogen-bond acceptors (Lipinski definition) is 4. The van der Waals surface area contributed by atoms with Crippen molar-refractivity contribution in [3.63, 3.8) is 0 Å². The minimum Gasteiger partial charge on any atom is -0.508 e. The Balaban J connectivity index is 1.76. The van der Waals surface area contributed by atoms with Gasteiger partial charge in [0.15, 0.2) is 0 Å². The zero-order chi connectivity index (χ0) is 13.8. The third kappa shape index (κ3) is 2.61. The summed E-state index contributed by atoms with van der Waals surface area (Å²) in [7, 11) is 0. The second kappa shape index (κ2) is 5.44. The standard InChI is InChI=1S/C15H14N4O/c20-12-6-4-11(5-7-12)9-17-14-10-18-19-15(14)13-3-1-2-8-16-13/h1-8,10,17,20H,9H2,(H,18,19). The molecule has 3 N–H and O–H groups in total. The molecule has 0 atom stereocenters. The van der Waals surface area contributed by atoms with Gasteiger partial charge in [0.05, 0.1) is 17.6 Å². The van der Waals surface area contributed by atoms with Gasteiger partial charge in [0.1, 0.15) is 11.4 Å². The highest BCUT2D eigenvalue weighted by atomic mass is 16.3. The molecule has 0 aliphatic heterocycles. The summed E-state index contributed by atoms with van der Waals surface area (Å²) in [6.45, 7) is 0.652. The van der Waals surface area contributed by atoms with Gasteiger partial charge in [-0.15, -0.1) is 0 Å². The van der Waals surface area contributed by atoms with E-state index in [1.807, 2.05) is 30.3 Å². The summed E-state index contributed by atoms with van der Waals surface area (Å²) in [5, 5.41) is 19.6. The van der Waals surface area contributed by atoms with Gasteiger partial charge in [-0.2, -0.15) is 5.10 Å². The number of H-pyrrole nitrogens is 1. The molecule has 0 spiro atoms. The van der Waals surface area contributed by atoms with Crippen molar-refractivity contribution in [1.29, 1.82) is 0 Å². The van der Waals surface area contributed by atoms with E-state index in [1.54, 1.807) is 24.5 Å². The fraction of sp³-hybridized carbons (Fsp3) is 0.0667. The molecule has 100 valence electrons. The van der Waals surface area contributed by atoms with Crippen molar-refractivity contribution in [3.8, 4) is 17.1 Å². The van der Waals surface area contributed by atoms with Crippen LogP contribution in [0.4, 0.5) is 5.69 Å². The van der Waals surface area contributed by atoms with Crippen molar-refractivity contribution in [2.75, 3.05) is 5.32 Å². The van der Waals surface area contributed by atoms with Crippen LogP contribution in [-0.4, -0.2) is 20.3 Å². The Morgan fingerprint density at radius 2 is 1.95 bits per heavy atom. The fourth-order valence-electron chi connectivity index (χ4n) is 1.94. The Morgan fingerprint density at radius 3 is 2.70 bits per heavy atom. The van der Waals surface area contributed by atoms with E-state index in [4.69, 9.17) is 0 Å². The van der Waals surface area contributed by atoms with Crippen LogP contribution in [0.25, 0.3) is 11.4 Å². The number of aromatic hydroxyl groups is 1.